The summed E-state index contributed by atoms with van der Waals surface area (Å²) < 4.78 is 41.3. The quantitative estimate of drug-likeness (QED) is 0.465. The van der Waals surface area contributed by atoms with Gasteiger partial charge in [-0.05, 0) is 17.7 Å². The Kier molecular flexibility index (Phi) is 7.11. The SMILES string of the molecule is OC[C@@H]1S[C@@H](SCc2ccccc2)[C@@H](O)[C@H](n2cc(-c3cc(F)c(F)c(F)c3)nn2)[C@@H]1O. The van der Waals surface area contributed by atoms with Gasteiger partial charge in [-0.15, -0.1) is 28.6 Å². The van der Waals surface area contributed by atoms with E-state index in [1.807, 2.05) is 30.3 Å². The minimum Gasteiger partial charge on any atom is -0.395 e. The summed E-state index contributed by atoms with van der Waals surface area (Å²) in [5.41, 5.74) is 1.09. The van der Waals surface area contributed by atoms with Crippen molar-refractivity contribution in [3.63, 3.8) is 0 Å². The molecule has 1 aliphatic rings. The molecule has 32 heavy (non-hydrogen) atoms. The third-order valence-electron chi connectivity index (χ3n) is 5.20. The molecule has 3 aromatic rings. The topological polar surface area (TPSA) is 91.4 Å². The summed E-state index contributed by atoms with van der Waals surface area (Å²) in [6.07, 6.45) is -0.875. The van der Waals surface area contributed by atoms with E-state index in [0.717, 1.165) is 17.7 Å². The van der Waals surface area contributed by atoms with Crippen LogP contribution in [0.2, 0.25) is 0 Å². The van der Waals surface area contributed by atoms with Crippen LogP contribution in [0.5, 0.6) is 0 Å². The fourth-order valence-electron chi connectivity index (χ4n) is 3.53. The van der Waals surface area contributed by atoms with Gasteiger partial charge in [-0.25, -0.2) is 17.9 Å². The monoisotopic (exact) mass is 483 g/mol. The highest BCUT2D eigenvalue weighted by Crippen LogP contribution is 2.44. The molecule has 0 saturated carbocycles. The van der Waals surface area contributed by atoms with Gasteiger partial charge >= 0.3 is 0 Å². The average Bonchev–Trinajstić information content (AvgIpc) is 3.27. The van der Waals surface area contributed by atoms with E-state index in [4.69, 9.17) is 0 Å². The van der Waals surface area contributed by atoms with E-state index in [1.54, 1.807) is 0 Å². The van der Waals surface area contributed by atoms with Gasteiger partial charge in [-0.2, -0.15) is 0 Å². The largest absolute Gasteiger partial charge is 0.395 e. The molecule has 5 atom stereocenters. The van der Waals surface area contributed by atoms with Gasteiger partial charge in [0, 0.05) is 11.3 Å². The molecule has 0 radical (unpaired) electrons. The van der Waals surface area contributed by atoms with Crippen molar-refractivity contribution in [1.82, 2.24) is 15.0 Å². The highest BCUT2D eigenvalue weighted by Gasteiger charge is 2.45. The zero-order valence-corrected chi connectivity index (χ0v) is 18.2. The molecule has 1 fully saturated rings. The van der Waals surface area contributed by atoms with Crippen LogP contribution < -0.4 is 0 Å². The summed E-state index contributed by atoms with van der Waals surface area (Å²) in [4.78, 5) is 0. The van der Waals surface area contributed by atoms with E-state index in [-0.39, 0.29) is 22.4 Å². The zero-order chi connectivity index (χ0) is 22.8. The molecule has 0 unspecified atom stereocenters. The molecule has 4 rings (SSSR count). The van der Waals surface area contributed by atoms with Crippen LogP contribution in [0.4, 0.5) is 13.2 Å². The lowest BCUT2D eigenvalue weighted by Crippen LogP contribution is -2.50. The summed E-state index contributed by atoms with van der Waals surface area (Å²) in [7, 11) is 0. The number of benzene rings is 2. The molecule has 0 aliphatic carbocycles. The van der Waals surface area contributed by atoms with Crippen LogP contribution in [0.15, 0.2) is 48.7 Å². The first-order valence-electron chi connectivity index (χ1n) is 9.73. The summed E-state index contributed by atoms with van der Waals surface area (Å²) in [5, 5.41) is 38.7. The lowest BCUT2D eigenvalue weighted by atomic mass is 10.0. The third kappa shape index (κ3) is 4.67. The normalized spacial score (nSPS) is 25.8. The Morgan fingerprint density at radius 1 is 1.03 bits per heavy atom. The fourth-order valence-corrected chi connectivity index (χ4v) is 6.46. The van der Waals surface area contributed by atoms with E-state index >= 15 is 0 Å². The minimum absolute atomic E-state index is 0.0319. The smallest absolute Gasteiger partial charge is 0.194 e. The zero-order valence-electron chi connectivity index (χ0n) is 16.6. The van der Waals surface area contributed by atoms with Crippen molar-refractivity contribution in [2.75, 3.05) is 6.61 Å². The fraction of sp³-hybridized carbons (Fsp3) is 0.333. The lowest BCUT2D eigenvalue weighted by molar-refractivity contribution is 0.00508. The van der Waals surface area contributed by atoms with Crippen LogP contribution in [0.25, 0.3) is 11.3 Å². The summed E-state index contributed by atoms with van der Waals surface area (Å²) in [6, 6.07) is 10.3. The van der Waals surface area contributed by atoms with Gasteiger partial charge in [-0.3, -0.25) is 0 Å². The molecule has 0 bridgehead atoms. The first kappa shape index (κ1) is 23.1. The minimum atomic E-state index is -1.58. The first-order valence-corrected chi connectivity index (χ1v) is 11.7. The second kappa shape index (κ2) is 9.84. The van der Waals surface area contributed by atoms with E-state index in [1.165, 1.54) is 34.4 Å². The number of aliphatic hydroxyl groups is 3. The Hall–Kier alpha value is -2.05. The van der Waals surface area contributed by atoms with Gasteiger partial charge in [0.25, 0.3) is 0 Å². The first-order chi connectivity index (χ1) is 15.4. The standard InChI is InChI=1S/C21H20F3N3O3S2/c22-13-6-12(7-14(23)17(13)24)15-8-27(26-25-15)18-19(29)16(9-28)32-21(20(18)30)31-10-11-4-2-1-3-5-11/h1-8,16,18-21,28-30H,9-10H2/t16-,18+,19+,20-,21+/m0/s1. The molecular formula is C21H20F3N3O3S2. The number of rotatable bonds is 6. The number of hydrogen-bond acceptors (Lipinski definition) is 7. The summed E-state index contributed by atoms with van der Waals surface area (Å²) in [5.74, 6) is -3.68. The van der Waals surface area contributed by atoms with Crippen LogP contribution >= 0.6 is 23.5 Å². The highest BCUT2D eigenvalue weighted by atomic mass is 32.2. The maximum absolute atomic E-state index is 13.6. The second-order valence-electron chi connectivity index (χ2n) is 7.33. The third-order valence-corrected chi connectivity index (χ3v) is 8.37. The van der Waals surface area contributed by atoms with Crippen LogP contribution in [0.3, 0.4) is 0 Å². The second-order valence-corrected chi connectivity index (χ2v) is 10.1. The van der Waals surface area contributed by atoms with Crippen molar-refractivity contribution >= 4 is 23.5 Å². The number of halogens is 3. The highest BCUT2D eigenvalue weighted by molar-refractivity contribution is 8.17. The number of nitrogens with zero attached hydrogens (tertiary/aromatic N) is 3. The molecule has 0 spiro atoms. The molecule has 6 nitrogen and oxygen atoms in total. The van der Waals surface area contributed by atoms with Gasteiger partial charge in [0.15, 0.2) is 17.5 Å². The van der Waals surface area contributed by atoms with Gasteiger partial charge in [0.2, 0.25) is 0 Å². The van der Waals surface area contributed by atoms with Gasteiger partial charge in [0.05, 0.1) is 28.7 Å². The van der Waals surface area contributed by atoms with Crippen LogP contribution in [-0.4, -0.2) is 59.0 Å². The predicted molar refractivity (Wildman–Crippen MR) is 116 cm³/mol. The molecular weight excluding hydrogens is 463 g/mol. The molecule has 11 heteroatoms. The maximum atomic E-state index is 13.6. The Bertz CT molecular complexity index is 1050. The summed E-state index contributed by atoms with van der Waals surface area (Å²) in [6.45, 7) is -0.312. The van der Waals surface area contributed by atoms with Crippen LogP contribution in [0, 0.1) is 17.5 Å². The molecule has 2 aromatic carbocycles. The van der Waals surface area contributed by atoms with E-state index in [0.29, 0.717) is 5.75 Å². The Morgan fingerprint density at radius 3 is 2.38 bits per heavy atom. The van der Waals surface area contributed by atoms with Gasteiger partial charge < -0.3 is 15.3 Å². The number of thioether (sulfide) groups is 2. The van der Waals surface area contributed by atoms with Crippen molar-refractivity contribution in [3.05, 3.63) is 71.7 Å². The van der Waals surface area contributed by atoms with Gasteiger partial charge in [0.1, 0.15) is 17.8 Å². The van der Waals surface area contributed by atoms with E-state index < -0.39 is 41.0 Å². The van der Waals surface area contributed by atoms with E-state index in [2.05, 4.69) is 10.3 Å². The molecule has 170 valence electrons. The maximum Gasteiger partial charge on any atom is 0.194 e. The molecule has 3 N–H and O–H groups in total. The molecule has 1 saturated heterocycles. The molecule has 0 amide bonds. The Labute approximate surface area is 190 Å². The summed E-state index contributed by atoms with van der Waals surface area (Å²) >= 11 is 2.76. The van der Waals surface area contributed by atoms with Crippen molar-refractivity contribution in [3.8, 4) is 11.3 Å². The van der Waals surface area contributed by atoms with E-state index in [9.17, 15) is 28.5 Å². The Balaban J connectivity index is 1.58. The van der Waals surface area contributed by atoms with Gasteiger partial charge in [-0.1, -0.05) is 35.5 Å². The number of hydrogen-bond donors (Lipinski definition) is 3. The lowest BCUT2D eigenvalue weighted by Gasteiger charge is -2.41. The number of aliphatic hydroxyl groups excluding tert-OH is 3. The Morgan fingerprint density at radius 2 is 1.72 bits per heavy atom. The van der Waals surface area contributed by atoms with Crippen molar-refractivity contribution in [1.29, 1.82) is 0 Å². The molecule has 1 aliphatic heterocycles. The molecule has 1 aromatic heterocycles. The van der Waals surface area contributed by atoms with Crippen molar-refractivity contribution < 1.29 is 28.5 Å². The van der Waals surface area contributed by atoms with Crippen molar-refractivity contribution in [2.45, 2.75) is 33.8 Å². The number of aromatic nitrogens is 3. The van der Waals surface area contributed by atoms with Crippen LogP contribution in [0.1, 0.15) is 11.6 Å². The predicted octanol–water partition coefficient (Wildman–Crippen LogP) is 2.99. The van der Waals surface area contributed by atoms with Crippen molar-refractivity contribution in [2.24, 2.45) is 0 Å². The van der Waals surface area contributed by atoms with Crippen LogP contribution in [-0.2, 0) is 5.75 Å². The average molecular weight is 484 g/mol. The molecule has 2 heterocycles.